The summed E-state index contributed by atoms with van der Waals surface area (Å²) in [6.07, 6.45) is 2.76. The first kappa shape index (κ1) is 22.5. The average molecular weight is 426 g/mol. The second-order valence-corrected chi connectivity index (χ2v) is 8.18. The van der Waals surface area contributed by atoms with Crippen molar-refractivity contribution < 1.29 is 14.0 Å². The molecule has 0 aromatic carbocycles. The third-order valence-corrected chi connectivity index (χ3v) is 5.27. The van der Waals surface area contributed by atoms with Crippen LogP contribution in [-0.2, 0) is 4.79 Å². The van der Waals surface area contributed by atoms with E-state index in [0.29, 0.717) is 22.3 Å². The third kappa shape index (κ3) is 4.95. The zero-order chi connectivity index (χ0) is 22.7. The number of fused-ring (bicyclic) bond motifs is 1. The van der Waals surface area contributed by atoms with E-state index in [9.17, 15) is 9.59 Å². The van der Waals surface area contributed by atoms with Crippen molar-refractivity contribution in [2.24, 2.45) is 0 Å². The molecular formula is C23H31N5O3. The van der Waals surface area contributed by atoms with Crippen molar-refractivity contribution in [2.45, 2.75) is 66.5 Å². The molecule has 2 amide bonds. The van der Waals surface area contributed by atoms with Gasteiger partial charge in [-0.05, 0) is 53.2 Å². The van der Waals surface area contributed by atoms with Crippen molar-refractivity contribution in [1.82, 2.24) is 25.4 Å². The zero-order valence-corrected chi connectivity index (χ0v) is 19.1. The topological polar surface area (TPSA) is 102 Å². The van der Waals surface area contributed by atoms with Gasteiger partial charge >= 0.3 is 0 Å². The number of aryl methyl sites for hydroxylation is 2. The minimum Gasteiger partial charge on any atom is -0.466 e. The van der Waals surface area contributed by atoms with Gasteiger partial charge in [0.1, 0.15) is 11.5 Å². The minimum atomic E-state index is -0.258. The van der Waals surface area contributed by atoms with Gasteiger partial charge in [0, 0.05) is 30.6 Å². The highest BCUT2D eigenvalue weighted by molar-refractivity contribution is 6.06. The second-order valence-electron chi connectivity index (χ2n) is 8.18. The molecule has 0 radical (unpaired) electrons. The van der Waals surface area contributed by atoms with Gasteiger partial charge in [0.2, 0.25) is 5.91 Å². The number of nitrogens with zero attached hydrogens (tertiary/aromatic N) is 3. The molecule has 0 saturated heterocycles. The smallest absolute Gasteiger partial charge is 0.252 e. The van der Waals surface area contributed by atoms with E-state index in [2.05, 4.69) is 15.7 Å². The largest absolute Gasteiger partial charge is 0.466 e. The third-order valence-electron chi connectivity index (χ3n) is 5.27. The molecule has 8 nitrogen and oxygen atoms in total. The van der Waals surface area contributed by atoms with Gasteiger partial charge in [-0.1, -0.05) is 6.92 Å². The van der Waals surface area contributed by atoms with Crippen LogP contribution in [0.2, 0.25) is 0 Å². The summed E-state index contributed by atoms with van der Waals surface area (Å²) in [5.41, 5.74) is 2.62. The quantitative estimate of drug-likeness (QED) is 0.569. The standard InChI is InChI=1S/C23H31N5O3/c1-7-14(4)26-21(29)8-9-24-23(30)18-11-20(17-10-15(5)31-16(17)6)27-22-19(18)12-25-28(22)13(2)3/h10-14H,7-9H2,1-6H3,(H,24,30)(H,26,29). The molecule has 0 spiro atoms. The van der Waals surface area contributed by atoms with Crippen LogP contribution in [0.25, 0.3) is 22.3 Å². The lowest BCUT2D eigenvalue weighted by Crippen LogP contribution is -2.35. The molecule has 0 saturated carbocycles. The number of rotatable bonds is 8. The van der Waals surface area contributed by atoms with Crippen molar-refractivity contribution in [2.75, 3.05) is 6.54 Å². The van der Waals surface area contributed by atoms with Gasteiger partial charge in [-0.25, -0.2) is 9.67 Å². The SMILES string of the molecule is CCC(C)NC(=O)CCNC(=O)c1cc(-c2cc(C)oc2C)nc2c1cnn2C(C)C. The van der Waals surface area contributed by atoms with E-state index >= 15 is 0 Å². The number of carbonyl (C=O) groups is 2. The Morgan fingerprint density at radius 2 is 1.94 bits per heavy atom. The molecule has 3 rings (SSSR count). The fourth-order valence-corrected chi connectivity index (χ4v) is 3.44. The summed E-state index contributed by atoms with van der Waals surface area (Å²) in [5.74, 6) is 1.19. The molecule has 3 aromatic rings. The van der Waals surface area contributed by atoms with E-state index in [1.807, 2.05) is 47.6 Å². The van der Waals surface area contributed by atoms with Crippen molar-refractivity contribution in [3.63, 3.8) is 0 Å². The zero-order valence-electron chi connectivity index (χ0n) is 19.1. The molecule has 0 fully saturated rings. The van der Waals surface area contributed by atoms with Gasteiger partial charge in [-0.15, -0.1) is 0 Å². The van der Waals surface area contributed by atoms with E-state index in [0.717, 1.165) is 23.5 Å². The second kappa shape index (κ2) is 9.32. The van der Waals surface area contributed by atoms with Crippen LogP contribution in [-0.4, -0.2) is 39.2 Å². The van der Waals surface area contributed by atoms with Crippen molar-refractivity contribution in [3.05, 3.63) is 35.4 Å². The first-order valence-electron chi connectivity index (χ1n) is 10.7. The number of pyridine rings is 1. The molecule has 0 bridgehead atoms. The molecule has 1 unspecified atom stereocenters. The highest BCUT2D eigenvalue weighted by Gasteiger charge is 2.20. The van der Waals surface area contributed by atoms with Gasteiger partial charge < -0.3 is 15.1 Å². The number of hydrogen-bond donors (Lipinski definition) is 2. The van der Waals surface area contributed by atoms with Gasteiger partial charge in [0.05, 0.1) is 22.8 Å². The molecule has 8 heteroatoms. The van der Waals surface area contributed by atoms with Crippen LogP contribution in [0.4, 0.5) is 0 Å². The van der Waals surface area contributed by atoms with Crippen molar-refractivity contribution in [1.29, 1.82) is 0 Å². The number of aromatic nitrogens is 3. The van der Waals surface area contributed by atoms with Crippen LogP contribution in [0.1, 0.15) is 68.5 Å². The molecule has 166 valence electrons. The van der Waals surface area contributed by atoms with Crippen LogP contribution in [0.5, 0.6) is 0 Å². The predicted octanol–water partition coefficient (Wildman–Crippen LogP) is 3.92. The Kier molecular flexibility index (Phi) is 6.77. The van der Waals surface area contributed by atoms with Crippen LogP contribution < -0.4 is 10.6 Å². The fourth-order valence-electron chi connectivity index (χ4n) is 3.44. The summed E-state index contributed by atoms with van der Waals surface area (Å²) in [6, 6.07) is 3.89. The Balaban J connectivity index is 1.90. The number of carbonyl (C=O) groups excluding carboxylic acids is 2. The first-order chi connectivity index (χ1) is 14.7. The van der Waals surface area contributed by atoms with Crippen molar-refractivity contribution >= 4 is 22.8 Å². The lowest BCUT2D eigenvalue weighted by molar-refractivity contribution is -0.121. The predicted molar refractivity (Wildman–Crippen MR) is 120 cm³/mol. The maximum Gasteiger partial charge on any atom is 0.252 e. The summed E-state index contributed by atoms with van der Waals surface area (Å²) in [4.78, 5) is 29.8. The van der Waals surface area contributed by atoms with Gasteiger partial charge in [0.25, 0.3) is 5.91 Å². The molecule has 1 atom stereocenters. The molecule has 0 aliphatic rings. The monoisotopic (exact) mass is 425 g/mol. The summed E-state index contributed by atoms with van der Waals surface area (Å²) in [5, 5.41) is 10.9. The molecule has 2 N–H and O–H groups in total. The number of amides is 2. The summed E-state index contributed by atoms with van der Waals surface area (Å²) in [6.45, 7) is 12.0. The van der Waals surface area contributed by atoms with E-state index in [1.165, 1.54) is 0 Å². The summed E-state index contributed by atoms with van der Waals surface area (Å²) < 4.78 is 7.47. The maximum atomic E-state index is 13.0. The van der Waals surface area contributed by atoms with Crippen LogP contribution in [0.3, 0.4) is 0 Å². The fraction of sp³-hybridized carbons (Fsp3) is 0.478. The Labute approximate surface area is 182 Å². The highest BCUT2D eigenvalue weighted by atomic mass is 16.3. The molecule has 0 aliphatic carbocycles. The van der Waals surface area contributed by atoms with E-state index < -0.39 is 0 Å². The van der Waals surface area contributed by atoms with E-state index in [1.54, 1.807) is 16.9 Å². The van der Waals surface area contributed by atoms with E-state index in [4.69, 9.17) is 9.40 Å². The number of hydrogen-bond acceptors (Lipinski definition) is 5. The Hall–Kier alpha value is -3.16. The lowest BCUT2D eigenvalue weighted by atomic mass is 10.1. The lowest BCUT2D eigenvalue weighted by Gasteiger charge is -2.12. The summed E-state index contributed by atoms with van der Waals surface area (Å²) >= 11 is 0. The van der Waals surface area contributed by atoms with E-state index in [-0.39, 0.29) is 36.9 Å². The van der Waals surface area contributed by atoms with Crippen LogP contribution in [0, 0.1) is 13.8 Å². The van der Waals surface area contributed by atoms with Crippen LogP contribution >= 0.6 is 0 Å². The Morgan fingerprint density at radius 3 is 2.55 bits per heavy atom. The molecule has 31 heavy (non-hydrogen) atoms. The Bertz CT molecular complexity index is 1100. The van der Waals surface area contributed by atoms with Crippen LogP contribution in [0.15, 0.2) is 22.7 Å². The summed E-state index contributed by atoms with van der Waals surface area (Å²) in [7, 11) is 0. The average Bonchev–Trinajstić information content (AvgIpc) is 3.29. The number of furan rings is 1. The van der Waals surface area contributed by atoms with Gasteiger partial charge in [-0.2, -0.15) is 5.10 Å². The number of nitrogens with one attached hydrogen (secondary N) is 2. The molecular weight excluding hydrogens is 394 g/mol. The maximum absolute atomic E-state index is 13.0. The van der Waals surface area contributed by atoms with Gasteiger partial charge in [0.15, 0.2) is 5.65 Å². The minimum absolute atomic E-state index is 0.0765. The van der Waals surface area contributed by atoms with Gasteiger partial charge in [-0.3, -0.25) is 9.59 Å². The Morgan fingerprint density at radius 1 is 1.19 bits per heavy atom. The molecule has 0 aliphatic heterocycles. The molecule has 3 aromatic heterocycles. The highest BCUT2D eigenvalue weighted by Crippen LogP contribution is 2.30. The normalized spacial score (nSPS) is 12.4. The first-order valence-corrected chi connectivity index (χ1v) is 10.7. The molecule has 3 heterocycles. The van der Waals surface area contributed by atoms with Crippen molar-refractivity contribution in [3.8, 4) is 11.3 Å².